The Bertz CT molecular complexity index is 680. The van der Waals surface area contributed by atoms with Crippen LogP contribution >= 0.6 is 0 Å². The third-order valence-corrected chi connectivity index (χ3v) is 3.84. The molecule has 1 N–H and O–H groups in total. The summed E-state index contributed by atoms with van der Waals surface area (Å²) in [7, 11) is 0. The molecule has 1 amide bonds. The zero-order chi connectivity index (χ0) is 16.8. The van der Waals surface area contributed by atoms with Gasteiger partial charge in [-0.2, -0.15) is 0 Å². The Hall–Kier alpha value is -2.96. The van der Waals surface area contributed by atoms with Crippen molar-refractivity contribution in [3.05, 3.63) is 55.0 Å². The van der Waals surface area contributed by atoms with Crippen LogP contribution in [-0.2, 0) is 0 Å². The number of anilines is 2. The topological polar surface area (TPSA) is 74.2 Å². The second-order valence-electron chi connectivity index (χ2n) is 5.43. The molecule has 0 unspecified atom stereocenters. The molecule has 0 spiro atoms. The first kappa shape index (κ1) is 15.9. The maximum atomic E-state index is 12.5. The summed E-state index contributed by atoms with van der Waals surface area (Å²) in [4.78, 5) is 29.2. The van der Waals surface area contributed by atoms with E-state index in [1.165, 1.54) is 0 Å². The zero-order valence-corrected chi connectivity index (χ0v) is 13.4. The van der Waals surface area contributed by atoms with Gasteiger partial charge < -0.3 is 15.1 Å². The van der Waals surface area contributed by atoms with Crippen LogP contribution in [0.4, 0.5) is 11.8 Å². The van der Waals surface area contributed by atoms with Gasteiger partial charge in [-0.05, 0) is 12.1 Å². The van der Waals surface area contributed by atoms with Gasteiger partial charge in [-0.3, -0.25) is 4.79 Å². The average Bonchev–Trinajstić information content (AvgIpc) is 2.67. The van der Waals surface area contributed by atoms with Crippen molar-refractivity contribution in [2.24, 2.45) is 0 Å². The Balaban J connectivity index is 1.58. The quantitative estimate of drug-likeness (QED) is 0.839. The highest BCUT2D eigenvalue weighted by molar-refractivity contribution is 5.93. The zero-order valence-electron chi connectivity index (χ0n) is 13.4. The standard InChI is InChI=1S/C17H20N6O/c1-2-6-19-17-20-12-14(13-21-17)16(24)23-10-8-22(9-11-23)15-5-3-4-7-18-15/h2-5,7,12-13H,1,6,8-11H2,(H,19,20,21). The lowest BCUT2D eigenvalue weighted by atomic mass is 10.2. The van der Waals surface area contributed by atoms with E-state index in [0.29, 0.717) is 31.1 Å². The van der Waals surface area contributed by atoms with Gasteiger partial charge in [0.2, 0.25) is 5.95 Å². The Morgan fingerprint density at radius 2 is 1.92 bits per heavy atom. The number of hydrogen-bond donors (Lipinski definition) is 1. The SMILES string of the molecule is C=CCNc1ncc(C(=O)N2CCN(c3ccccn3)CC2)cn1. The number of amides is 1. The first-order chi connectivity index (χ1) is 11.8. The lowest BCUT2D eigenvalue weighted by molar-refractivity contribution is 0.0745. The smallest absolute Gasteiger partial charge is 0.257 e. The highest BCUT2D eigenvalue weighted by Gasteiger charge is 2.23. The van der Waals surface area contributed by atoms with Crippen molar-refractivity contribution in [3.63, 3.8) is 0 Å². The lowest BCUT2D eigenvalue weighted by Gasteiger charge is -2.35. The van der Waals surface area contributed by atoms with E-state index in [4.69, 9.17) is 0 Å². The molecular formula is C17H20N6O. The Morgan fingerprint density at radius 3 is 2.54 bits per heavy atom. The van der Waals surface area contributed by atoms with Crippen molar-refractivity contribution in [2.75, 3.05) is 42.9 Å². The van der Waals surface area contributed by atoms with Gasteiger partial charge in [0.15, 0.2) is 0 Å². The molecule has 0 bridgehead atoms. The third-order valence-electron chi connectivity index (χ3n) is 3.84. The van der Waals surface area contributed by atoms with E-state index in [-0.39, 0.29) is 5.91 Å². The highest BCUT2D eigenvalue weighted by Crippen LogP contribution is 2.14. The summed E-state index contributed by atoms with van der Waals surface area (Å²) in [6, 6.07) is 5.86. The number of piperazine rings is 1. The van der Waals surface area contributed by atoms with Crippen LogP contribution in [0.2, 0.25) is 0 Å². The normalized spacial score (nSPS) is 14.3. The predicted octanol–water partition coefficient (Wildman–Crippen LogP) is 1.43. The Kier molecular flexibility index (Phi) is 5.00. The van der Waals surface area contributed by atoms with Gasteiger partial charge in [-0.25, -0.2) is 15.0 Å². The Labute approximate surface area is 141 Å². The molecule has 1 aliphatic heterocycles. The van der Waals surface area contributed by atoms with Crippen molar-refractivity contribution >= 4 is 17.7 Å². The van der Waals surface area contributed by atoms with Crippen LogP contribution in [0.25, 0.3) is 0 Å². The molecule has 3 heterocycles. The Morgan fingerprint density at radius 1 is 1.17 bits per heavy atom. The monoisotopic (exact) mass is 324 g/mol. The number of hydrogen-bond acceptors (Lipinski definition) is 6. The molecule has 0 aromatic carbocycles. The largest absolute Gasteiger partial charge is 0.353 e. The van der Waals surface area contributed by atoms with Crippen LogP contribution in [0.15, 0.2) is 49.4 Å². The molecule has 0 aliphatic carbocycles. The van der Waals surface area contributed by atoms with Gasteiger partial charge in [0.25, 0.3) is 5.91 Å². The number of carbonyl (C=O) groups is 1. The molecule has 0 saturated carbocycles. The van der Waals surface area contributed by atoms with Gasteiger partial charge in [-0.1, -0.05) is 12.1 Å². The maximum Gasteiger partial charge on any atom is 0.257 e. The molecule has 7 nitrogen and oxygen atoms in total. The fraction of sp³-hybridized carbons (Fsp3) is 0.294. The molecule has 0 atom stereocenters. The molecular weight excluding hydrogens is 304 g/mol. The predicted molar refractivity (Wildman–Crippen MR) is 93.1 cm³/mol. The number of aromatic nitrogens is 3. The molecule has 2 aromatic rings. The van der Waals surface area contributed by atoms with Gasteiger partial charge in [0.1, 0.15) is 5.82 Å². The lowest BCUT2D eigenvalue weighted by Crippen LogP contribution is -2.49. The van der Waals surface area contributed by atoms with Gasteiger partial charge in [0, 0.05) is 51.3 Å². The van der Waals surface area contributed by atoms with Gasteiger partial charge in [0.05, 0.1) is 5.56 Å². The van der Waals surface area contributed by atoms with Crippen LogP contribution in [0.5, 0.6) is 0 Å². The van der Waals surface area contributed by atoms with E-state index in [1.54, 1.807) is 24.7 Å². The average molecular weight is 324 g/mol. The van der Waals surface area contributed by atoms with Crippen LogP contribution in [0, 0.1) is 0 Å². The molecule has 7 heteroatoms. The van der Waals surface area contributed by atoms with E-state index in [9.17, 15) is 4.79 Å². The number of nitrogens with one attached hydrogen (secondary N) is 1. The minimum Gasteiger partial charge on any atom is -0.353 e. The number of rotatable bonds is 5. The minimum absolute atomic E-state index is 0.0362. The molecule has 1 fully saturated rings. The van der Waals surface area contributed by atoms with Crippen LogP contribution in [0.1, 0.15) is 10.4 Å². The van der Waals surface area contributed by atoms with Crippen LogP contribution < -0.4 is 10.2 Å². The minimum atomic E-state index is -0.0362. The maximum absolute atomic E-state index is 12.5. The second-order valence-corrected chi connectivity index (χ2v) is 5.43. The fourth-order valence-corrected chi connectivity index (χ4v) is 2.56. The highest BCUT2D eigenvalue weighted by atomic mass is 16.2. The summed E-state index contributed by atoms with van der Waals surface area (Å²) < 4.78 is 0. The molecule has 2 aromatic heterocycles. The summed E-state index contributed by atoms with van der Waals surface area (Å²) in [5, 5.41) is 2.99. The van der Waals surface area contributed by atoms with Crippen molar-refractivity contribution < 1.29 is 4.79 Å². The van der Waals surface area contributed by atoms with E-state index in [0.717, 1.165) is 18.9 Å². The molecule has 124 valence electrons. The molecule has 24 heavy (non-hydrogen) atoms. The van der Waals surface area contributed by atoms with E-state index in [1.807, 2.05) is 23.1 Å². The van der Waals surface area contributed by atoms with Crippen molar-refractivity contribution in [3.8, 4) is 0 Å². The van der Waals surface area contributed by atoms with E-state index in [2.05, 4.69) is 31.7 Å². The van der Waals surface area contributed by atoms with Crippen LogP contribution in [0.3, 0.4) is 0 Å². The molecule has 0 radical (unpaired) electrons. The number of carbonyl (C=O) groups excluding carboxylic acids is 1. The molecule has 1 aliphatic rings. The van der Waals surface area contributed by atoms with Crippen LogP contribution in [-0.4, -0.2) is 58.5 Å². The van der Waals surface area contributed by atoms with E-state index >= 15 is 0 Å². The molecule has 1 saturated heterocycles. The first-order valence-corrected chi connectivity index (χ1v) is 7.90. The third kappa shape index (κ3) is 3.68. The van der Waals surface area contributed by atoms with Gasteiger partial charge >= 0.3 is 0 Å². The number of nitrogens with zero attached hydrogens (tertiary/aromatic N) is 5. The second kappa shape index (κ2) is 7.54. The summed E-state index contributed by atoms with van der Waals surface area (Å²) in [5.74, 6) is 1.41. The first-order valence-electron chi connectivity index (χ1n) is 7.90. The fourth-order valence-electron chi connectivity index (χ4n) is 2.56. The van der Waals surface area contributed by atoms with Gasteiger partial charge in [-0.15, -0.1) is 6.58 Å². The summed E-state index contributed by atoms with van der Waals surface area (Å²) in [5.41, 5.74) is 0.505. The summed E-state index contributed by atoms with van der Waals surface area (Å²) in [6.07, 6.45) is 6.63. The molecule has 3 rings (SSSR count). The van der Waals surface area contributed by atoms with E-state index < -0.39 is 0 Å². The number of pyridine rings is 1. The summed E-state index contributed by atoms with van der Waals surface area (Å²) in [6.45, 7) is 7.06. The van der Waals surface area contributed by atoms with Crippen molar-refractivity contribution in [1.82, 2.24) is 19.9 Å². The van der Waals surface area contributed by atoms with Crippen molar-refractivity contribution in [1.29, 1.82) is 0 Å². The summed E-state index contributed by atoms with van der Waals surface area (Å²) >= 11 is 0. The van der Waals surface area contributed by atoms with Crippen molar-refractivity contribution in [2.45, 2.75) is 0 Å².